The summed E-state index contributed by atoms with van der Waals surface area (Å²) in [7, 11) is -1.04. The van der Waals surface area contributed by atoms with Crippen LogP contribution in [0.4, 0.5) is 11.6 Å². The summed E-state index contributed by atoms with van der Waals surface area (Å²) in [4.78, 5) is 10.6. The summed E-state index contributed by atoms with van der Waals surface area (Å²) in [5.74, 6) is 2.41. The van der Waals surface area contributed by atoms with Crippen LogP contribution in [0.1, 0.15) is 32.0 Å². The number of nitrogen functional groups attached to an aromatic ring is 1. The Morgan fingerprint density at radius 3 is 2.63 bits per heavy atom. The van der Waals surface area contributed by atoms with Crippen molar-refractivity contribution in [1.82, 2.24) is 9.97 Å². The highest BCUT2D eigenvalue weighted by Crippen LogP contribution is 2.23. The summed E-state index contributed by atoms with van der Waals surface area (Å²) >= 11 is 0. The van der Waals surface area contributed by atoms with Gasteiger partial charge in [0.2, 0.25) is 0 Å². The maximum atomic E-state index is 11.5. The van der Waals surface area contributed by atoms with Crippen molar-refractivity contribution in [2.75, 3.05) is 29.2 Å². The van der Waals surface area contributed by atoms with E-state index in [1.807, 2.05) is 25.8 Å². The first-order valence-electron chi connectivity index (χ1n) is 6.36. The fraction of sp³-hybridized carbons (Fsp3) is 0.667. The van der Waals surface area contributed by atoms with Crippen LogP contribution < -0.4 is 10.6 Å². The van der Waals surface area contributed by atoms with Gasteiger partial charge in [0, 0.05) is 25.1 Å². The van der Waals surface area contributed by atoms with Gasteiger partial charge in [0.05, 0.1) is 11.5 Å². The molecule has 1 saturated heterocycles. The minimum absolute atomic E-state index is 0.0284. The third-order valence-corrected chi connectivity index (χ3v) is 5.13. The Hall–Kier alpha value is -1.37. The minimum Gasteiger partial charge on any atom is -0.384 e. The molecule has 7 heteroatoms. The molecule has 1 atom stereocenters. The molecule has 0 amide bonds. The van der Waals surface area contributed by atoms with Gasteiger partial charge in [-0.1, -0.05) is 13.8 Å². The first kappa shape index (κ1) is 14.0. The fourth-order valence-electron chi connectivity index (χ4n) is 2.18. The van der Waals surface area contributed by atoms with Crippen molar-refractivity contribution >= 4 is 21.5 Å². The van der Waals surface area contributed by atoms with Crippen molar-refractivity contribution in [3.05, 3.63) is 11.9 Å². The van der Waals surface area contributed by atoms with Crippen LogP contribution in [0.2, 0.25) is 0 Å². The predicted octanol–water partition coefficient (Wildman–Crippen LogP) is 0.805. The summed E-state index contributed by atoms with van der Waals surface area (Å²) in [5, 5.41) is 0. The zero-order chi connectivity index (χ0) is 14.2. The Morgan fingerprint density at radius 1 is 1.42 bits per heavy atom. The molecule has 0 bridgehead atoms. The summed E-state index contributed by atoms with van der Waals surface area (Å²) < 4.78 is 23.1. The predicted molar refractivity (Wildman–Crippen MR) is 76.0 cm³/mol. The molecule has 0 spiro atoms. The largest absolute Gasteiger partial charge is 0.384 e. The molecule has 1 aromatic heterocycles. The molecule has 0 radical (unpaired) electrons. The minimum atomic E-state index is -2.90. The quantitative estimate of drug-likeness (QED) is 0.883. The van der Waals surface area contributed by atoms with Gasteiger partial charge in [-0.05, 0) is 6.42 Å². The van der Waals surface area contributed by atoms with Gasteiger partial charge < -0.3 is 10.6 Å². The summed E-state index contributed by atoms with van der Waals surface area (Å²) in [6.07, 6.45) is 0.639. The van der Waals surface area contributed by atoms with Crippen molar-refractivity contribution in [2.45, 2.75) is 32.2 Å². The highest BCUT2D eigenvalue weighted by molar-refractivity contribution is 7.91. The van der Waals surface area contributed by atoms with Gasteiger partial charge in [-0.3, -0.25) is 0 Å². The van der Waals surface area contributed by atoms with E-state index in [-0.39, 0.29) is 23.5 Å². The van der Waals surface area contributed by atoms with E-state index in [2.05, 4.69) is 9.97 Å². The SMILES string of the molecule is CC(C)c1nc(N)cc(N(C)C2CCS(=O)(=O)C2)n1. The fourth-order valence-corrected chi connectivity index (χ4v) is 3.95. The molecule has 2 heterocycles. The van der Waals surface area contributed by atoms with Gasteiger partial charge in [0.15, 0.2) is 9.84 Å². The Kier molecular flexibility index (Phi) is 3.66. The second-order valence-corrected chi connectivity index (χ2v) is 7.56. The molecule has 1 aliphatic heterocycles. The number of sulfone groups is 1. The number of nitrogens with two attached hydrogens (primary N) is 1. The van der Waals surface area contributed by atoms with Crippen molar-refractivity contribution in [1.29, 1.82) is 0 Å². The molecule has 2 N–H and O–H groups in total. The van der Waals surface area contributed by atoms with E-state index < -0.39 is 9.84 Å². The molecule has 106 valence electrons. The second kappa shape index (κ2) is 4.96. The zero-order valence-electron chi connectivity index (χ0n) is 11.5. The average Bonchev–Trinajstić information content (AvgIpc) is 2.68. The van der Waals surface area contributed by atoms with Crippen molar-refractivity contribution in [2.24, 2.45) is 0 Å². The van der Waals surface area contributed by atoms with Crippen LogP contribution >= 0.6 is 0 Å². The number of aromatic nitrogens is 2. The molecule has 0 aliphatic carbocycles. The van der Waals surface area contributed by atoms with Crippen LogP contribution in [0.15, 0.2) is 6.07 Å². The number of rotatable bonds is 3. The molecule has 0 saturated carbocycles. The lowest BCUT2D eigenvalue weighted by Gasteiger charge is -2.25. The maximum Gasteiger partial charge on any atom is 0.152 e. The second-order valence-electron chi connectivity index (χ2n) is 5.33. The third-order valence-electron chi connectivity index (χ3n) is 3.38. The van der Waals surface area contributed by atoms with Gasteiger partial charge >= 0.3 is 0 Å². The molecular weight excluding hydrogens is 264 g/mol. The molecular formula is C12H20N4O2S. The smallest absolute Gasteiger partial charge is 0.152 e. The molecule has 1 aromatic rings. The molecule has 2 rings (SSSR count). The lowest BCUT2D eigenvalue weighted by molar-refractivity contribution is 0.600. The van der Waals surface area contributed by atoms with E-state index in [1.54, 1.807) is 6.07 Å². The van der Waals surface area contributed by atoms with Crippen molar-refractivity contribution < 1.29 is 8.42 Å². The molecule has 1 aliphatic rings. The van der Waals surface area contributed by atoms with Gasteiger partial charge in [0.1, 0.15) is 17.5 Å². The lowest BCUT2D eigenvalue weighted by atomic mass is 10.2. The lowest BCUT2D eigenvalue weighted by Crippen LogP contribution is -2.33. The molecule has 1 unspecified atom stereocenters. The van der Waals surface area contributed by atoms with Crippen LogP contribution in [0.5, 0.6) is 0 Å². The highest BCUT2D eigenvalue weighted by Gasteiger charge is 2.31. The number of hydrogen-bond donors (Lipinski definition) is 1. The van der Waals surface area contributed by atoms with E-state index in [9.17, 15) is 8.42 Å². The summed E-state index contributed by atoms with van der Waals surface area (Å²) in [5.41, 5.74) is 5.79. The van der Waals surface area contributed by atoms with Crippen LogP contribution in [0.3, 0.4) is 0 Å². The Bertz CT molecular complexity index is 571. The zero-order valence-corrected chi connectivity index (χ0v) is 12.3. The first-order chi connectivity index (χ1) is 8.78. The highest BCUT2D eigenvalue weighted by atomic mass is 32.2. The Balaban J connectivity index is 2.26. The summed E-state index contributed by atoms with van der Waals surface area (Å²) in [6, 6.07) is 1.66. The van der Waals surface area contributed by atoms with Crippen molar-refractivity contribution in [3.8, 4) is 0 Å². The monoisotopic (exact) mass is 284 g/mol. The Labute approximate surface area is 114 Å². The first-order valence-corrected chi connectivity index (χ1v) is 8.18. The molecule has 0 aromatic carbocycles. The maximum absolute atomic E-state index is 11.5. The van der Waals surface area contributed by atoms with Gasteiger partial charge in [-0.15, -0.1) is 0 Å². The van der Waals surface area contributed by atoms with Gasteiger partial charge in [-0.25, -0.2) is 18.4 Å². The van der Waals surface area contributed by atoms with Crippen molar-refractivity contribution in [3.63, 3.8) is 0 Å². The summed E-state index contributed by atoms with van der Waals surface area (Å²) in [6.45, 7) is 4.00. The molecule has 6 nitrogen and oxygen atoms in total. The number of anilines is 2. The van der Waals surface area contributed by atoms with Crippen LogP contribution in [-0.2, 0) is 9.84 Å². The molecule has 19 heavy (non-hydrogen) atoms. The third kappa shape index (κ3) is 3.15. The van der Waals surface area contributed by atoms with E-state index in [4.69, 9.17) is 5.73 Å². The number of nitrogens with zero attached hydrogens (tertiary/aromatic N) is 3. The topological polar surface area (TPSA) is 89.2 Å². The molecule has 1 fully saturated rings. The van der Waals surface area contributed by atoms with Gasteiger partial charge in [-0.2, -0.15) is 0 Å². The normalized spacial score (nSPS) is 21.8. The van der Waals surface area contributed by atoms with Crippen LogP contribution in [0.25, 0.3) is 0 Å². The van der Waals surface area contributed by atoms with E-state index in [0.29, 0.717) is 23.9 Å². The van der Waals surface area contributed by atoms with Crippen LogP contribution in [0, 0.1) is 0 Å². The van der Waals surface area contributed by atoms with E-state index in [0.717, 1.165) is 0 Å². The van der Waals surface area contributed by atoms with E-state index >= 15 is 0 Å². The van der Waals surface area contributed by atoms with Gasteiger partial charge in [0.25, 0.3) is 0 Å². The standard InChI is InChI=1S/C12H20N4O2S/c1-8(2)12-14-10(13)6-11(15-12)16(3)9-4-5-19(17,18)7-9/h6,8-9H,4-5,7H2,1-3H3,(H2,13,14,15). The average molecular weight is 284 g/mol. The Morgan fingerprint density at radius 2 is 2.11 bits per heavy atom. The van der Waals surface area contributed by atoms with E-state index in [1.165, 1.54) is 0 Å². The number of hydrogen-bond acceptors (Lipinski definition) is 6. The van der Waals surface area contributed by atoms with Crippen LogP contribution in [-0.4, -0.2) is 43.0 Å².